The maximum Gasteiger partial charge on any atom is 0.259 e. The van der Waals surface area contributed by atoms with Crippen LogP contribution in [0.1, 0.15) is 30.1 Å². The zero-order chi connectivity index (χ0) is 17.0. The molecule has 0 radical (unpaired) electrons. The van der Waals surface area contributed by atoms with Gasteiger partial charge in [-0.2, -0.15) is 0 Å². The molecule has 1 saturated heterocycles. The minimum absolute atomic E-state index is 0.0838. The molecule has 1 aliphatic rings. The average molecular weight is 434 g/mol. The Morgan fingerprint density at radius 2 is 2.22 bits per heavy atom. The van der Waals surface area contributed by atoms with Gasteiger partial charge in [-0.25, -0.2) is 0 Å². The van der Waals surface area contributed by atoms with Crippen LogP contribution in [0.25, 0.3) is 0 Å². The molecule has 0 spiro atoms. The van der Waals surface area contributed by atoms with Gasteiger partial charge in [0.25, 0.3) is 5.91 Å². The van der Waals surface area contributed by atoms with E-state index in [0.717, 1.165) is 25.9 Å². The van der Waals surface area contributed by atoms with Crippen molar-refractivity contribution in [2.45, 2.75) is 25.8 Å². The fourth-order valence-corrected chi connectivity index (χ4v) is 3.56. The number of hydrogen-bond donors (Lipinski definition) is 2. The zero-order valence-electron chi connectivity index (χ0n) is 13.7. The van der Waals surface area contributed by atoms with E-state index in [2.05, 4.69) is 17.1 Å². The molecule has 23 heavy (non-hydrogen) atoms. The summed E-state index contributed by atoms with van der Waals surface area (Å²) in [5, 5.41) is 13.2. The summed E-state index contributed by atoms with van der Waals surface area (Å²) in [4.78, 5) is 14.9. The highest BCUT2D eigenvalue weighted by Gasteiger charge is 2.27. The first-order chi connectivity index (χ1) is 11.0. The van der Waals surface area contributed by atoms with Crippen LogP contribution in [0.4, 0.5) is 0 Å². The quantitative estimate of drug-likeness (QED) is 0.673. The number of benzene rings is 1. The summed E-state index contributed by atoms with van der Waals surface area (Å²) < 4.78 is 11.1. The van der Waals surface area contributed by atoms with Crippen LogP contribution in [-0.2, 0) is 0 Å². The number of likely N-dealkylation sites (tertiary alicyclic amines) is 1. The number of aromatic hydroxyl groups is 1. The van der Waals surface area contributed by atoms with E-state index in [0.29, 0.717) is 21.9 Å². The lowest BCUT2D eigenvalue weighted by Gasteiger charge is -2.23. The van der Waals surface area contributed by atoms with Crippen molar-refractivity contribution in [3.63, 3.8) is 0 Å². The smallest absolute Gasteiger partial charge is 0.259 e. The molecule has 1 aromatic carbocycles. The summed E-state index contributed by atoms with van der Waals surface area (Å²) in [6.45, 7) is 4.73. The number of phenolic OH excluding ortho intramolecular Hbond substituents is 1. The number of halogens is 1. The van der Waals surface area contributed by atoms with Crippen LogP contribution in [0.3, 0.4) is 0 Å². The van der Waals surface area contributed by atoms with Crippen molar-refractivity contribution in [1.82, 2.24) is 10.2 Å². The lowest BCUT2D eigenvalue weighted by atomic mass is 10.1. The Morgan fingerprint density at radius 1 is 1.48 bits per heavy atom. The topological polar surface area (TPSA) is 71.0 Å². The molecule has 6 nitrogen and oxygen atoms in total. The molecule has 1 unspecified atom stereocenters. The molecule has 0 aromatic heterocycles. The van der Waals surface area contributed by atoms with Crippen LogP contribution >= 0.6 is 22.6 Å². The third kappa shape index (κ3) is 3.82. The molecule has 1 aromatic rings. The molecule has 1 atom stereocenters. The number of methoxy groups -OCH3 is 2. The number of rotatable bonds is 6. The van der Waals surface area contributed by atoms with Crippen LogP contribution in [0.2, 0.25) is 0 Å². The highest BCUT2D eigenvalue weighted by atomic mass is 127. The minimum Gasteiger partial charge on any atom is -0.506 e. The molecular formula is C16H23IN2O4. The van der Waals surface area contributed by atoms with Gasteiger partial charge in [-0.1, -0.05) is 6.92 Å². The maximum absolute atomic E-state index is 12.6. The van der Waals surface area contributed by atoms with Crippen molar-refractivity contribution < 1.29 is 19.4 Å². The number of nitrogens with zero attached hydrogens (tertiary/aromatic N) is 1. The number of nitrogens with one attached hydrogen (secondary N) is 1. The van der Waals surface area contributed by atoms with Gasteiger partial charge in [-0.3, -0.25) is 9.69 Å². The van der Waals surface area contributed by atoms with Gasteiger partial charge in [0, 0.05) is 18.7 Å². The fourth-order valence-electron chi connectivity index (χ4n) is 3.01. The van der Waals surface area contributed by atoms with E-state index in [-0.39, 0.29) is 23.0 Å². The van der Waals surface area contributed by atoms with Gasteiger partial charge < -0.3 is 19.9 Å². The van der Waals surface area contributed by atoms with E-state index in [9.17, 15) is 9.90 Å². The number of ether oxygens (including phenoxy) is 2. The molecular weight excluding hydrogens is 411 g/mol. The SMILES string of the molecule is CCN1CCCC1CNC(=O)c1c(O)c(I)cc(OC)c1OC. The van der Waals surface area contributed by atoms with Crippen molar-refractivity contribution in [3.05, 3.63) is 15.2 Å². The largest absolute Gasteiger partial charge is 0.506 e. The third-order valence-electron chi connectivity index (χ3n) is 4.23. The van der Waals surface area contributed by atoms with Gasteiger partial charge in [0.05, 0.1) is 17.8 Å². The Kier molecular flexibility index (Phi) is 6.34. The molecule has 1 aliphatic heterocycles. The first kappa shape index (κ1) is 18.1. The normalized spacial score (nSPS) is 18.0. The Bertz CT molecular complexity index is 580. The number of carbonyl (C=O) groups excluding carboxylic acids is 1. The lowest BCUT2D eigenvalue weighted by Crippen LogP contribution is -2.40. The van der Waals surface area contributed by atoms with Crippen LogP contribution in [0.5, 0.6) is 17.2 Å². The summed E-state index contributed by atoms with van der Waals surface area (Å²) in [6, 6.07) is 1.99. The molecule has 1 fully saturated rings. The first-order valence-corrected chi connectivity index (χ1v) is 8.77. The van der Waals surface area contributed by atoms with Crippen molar-refractivity contribution in [3.8, 4) is 17.2 Å². The standard InChI is InChI=1S/C16H23IN2O4/c1-4-19-7-5-6-10(19)9-18-16(21)13-14(20)11(17)8-12(22-2)15(13)23-3/h8,10,20H,4-7,9H2,1-3H3,(H,18,21). The minimum atomic E-state index is -0.348. The molecule has 0 aliphatic carbocycles. The van der Waals surface area contributed by atoms with Gasteiger partial charge in [0.15, 0.2) is 11.5 Å². The van der Waals surface area contributed by atoms with Crippen molar-refractivity contribution in [2.24, 2.45) is 0 Å². The summed E-state index contributed by atoms with van der Waals surface area (Å²) in [7, 11) is 2.96. The van der Waals surface area contributed by atoms with Crippen molar-refractivity contribution in [2.75, 3.05) is 33.9 Å². The monoisotopic (exact) mass is 434 g/mol. The number of carbonyl (C=O) groups is 1. The van der Waals surface area contributed by atoms with Crippen LogP contribution in [0.15, 0.2) is 6.07 Å². The summed E-state index contributed by atoms with van der Waals surface area (Å²) in [6.07, 6.45) is 2.23. The molecule has 128 valence electrons. The highest BCUT2D eigenvalue weighted by molar-refractivity contribution is 14.1. The maximum atomic E-state index is 12.6. The van der Waals surface area contributed by atoms with E-state index >= 15 is 0 Å². The third-order valence-corrected chi connectivity index (χ3v) is 5.05. The van der Waals surface area contributed by atoms with E-state index in [1.165, 1.54) is 14.2 Å². The highest BCUT2D eigenvalue weighted by Crippen LogP contribution is 2.40. The number of phenols is 1. The van der Waals surface area contributed by atoms with E-state index in [1.54, 1.807) is 6.07 Å². The number of likely N-dealkylation sites (N-methyl/N-ethyl adjacent to an activating group) is 1. The molecule has 7 heteroatoms. The Balaban J connectivity index is 2.20. The van der Waals surface area contributed by atoms with Crippen LogP contribution in [-0.4, -0.2) is 55.8 Å². The molecule has 0 bridgehead atoms. The Hall–Kier alpha value is -1.22. The predicted molar refractivity (Wildman–Crippen MR) is 96.5 cm³/mol. The van der Waals surface area contributed by atoms with Crippen molar-refractivity contribution >= 4 is 28.5 Å². The summed E-state index contributed by atoms with van der Waals surface area (Å²) >= 11 is 1.97. The Labute approximate surface area is 150 Å². The second-order valence-electron chi connectivity index (χ2n) is 5.45. The first-order valence-electron chi connectivity index (χ1n) is 7.69. The second kappa shape index (κ2) is 8.05. The fraction of sp³-hybridized carbons (Fsp3) is 0.562. The predicted octanol–water partition coefficient (Wildman–Crippen LogP) is 2.23. The molecule has 1 amide bonds. The van der Waals surface area contributed by atoms with Gasteiger partial charge in [0.1, 0.15) is 11.3 Å². The van der Waals surface area contributed by atoms with Crippen molar-refractivity contribution in [1.29, 1.82) is 0 Å². The van der Waals surface area contributed by atoms with Crippen LogP contribution < -0.4 is 14.8 Å². The lowest BCUT2D eigenvalue weighted by molar-refractivity contribution is 0.0934. The zero-order valence-corrected chi connectivity index (χ0v) is 15.8. The van der Waals surface area contributed by atoms with Gasteiger partial charge in [-0.15, -0.1) is 0 Å². The van der Waals surface area contributed by atoms with E-state index in [4.69, 9.17) is 9.47 Å². The van der Waals surface area contributed by atoms with Gasteiger partial charge in [0.2, 0.25) is 0 Å². The second-order valence-corrected chi connectivity index (χ2v) is 6.61. The van der Waals surface area contributed by atoms with E-state index in [1.807, 2.05) is 22.6 Å². The number of hydrogen-bond acceptors (Lipinski definition) is 5. The molecule has 0 saturated carbocycles. The van der Waals surface area contributed by atoms with Gasteiger partial charge in [-0.05, 0) is 48.5 Å². The van der Waals surface area contributed by atoms with Crippen LogP contribution in [0, 0.1) is 3.57 Å². The molecule has 2 N–H and O–H groups in total. The molecule has 1 heterocycles. The average Bonchev–Trinajstić information content (AvgIpc) is 3.01. The molecule has 2 rings (SSSR count). The summed E-state index contributed by atoms with van der Waals surface area (Å²) in [5.41, 5.74) is 0.122. The summed E-state index contributed by atoms with van der Waals surface area (Å²) in [5.74, 6) is 0.247. The Morgan fingerprint density at radius 3 is 2.83 bits per heavy atom. The number of amides is 1. The van der Waals surface area contributed by atoms with E-state index < -0.39 is 0 Å². The van der Waals surface area contributed by atoms with Gasteiger partial charge >= 0.3 is 0 Å².